The molecule has 3 aromatic carbocycles. The molecule has 36 heavy (non-hydrogen) atoms. The highest BCUT2D eigenvalue weighted by atomic mass is 16.6. The highest BCUT2D eigenvalue weighted by molar-refractivity contribution is 6.51. The molecule has 3 aromatic rings. The zero-order chi connectivity index (χ0) is 26.0. The molecule has 4 rings (SSSR count). The van der Waals surface area contributed by atoms with Gasteiger partial charge in [0.05, 0.1) is 23.1 Å². The number of amides is 1. The summed E-state index contributed by atoms with van der Waals surface area (Å²) in [5, 5.41) is 22.2. The number of hydrogen-bond donors (Lipinski definition) is 1. The Hall–Kier alpha value is -4.46. The molecule has 184 valence electrons. The summed E-state index contributed by atoms with van der Waals surface area (Å²) < 4.78 is 5.49. The minimum absolute atomic E-state index is 0.0833. The summed E-state index contributed by atoms with van der Waals surface area (Å²) in [5.41, 5.74) is 2.18. The molecule has 1 N–H and O–H groups in total. The maximum Gasteiger partial charge on any atom is 0.300 e. The number of nitro benzene ring substituents is 1. The summed E-state index contributed by atoms with van der Waals surface area (Å²) in [6.45, 7) is 6.48. The molecule has 1 aliphatic rings. The minimum Gasteiger partial charge on any atom is -0.507 e. The Labute approximate surface area is 208 Å². The van der Waals surface area contributed by atoms with Crippen molar-refractivity contribution in [2.75, 3.05) is 11.5 Å². The highest BCUT2D eigenvalue weighted by Gasteiger charge is 2.47. The van der Waals surface area contributed by atoms with E-state index in [-0.39, 0.29) is 22.7 Å². The van der Waals surface area contributed by atoms with Crippen molar-refractivity contribution in [2.24, 2.45) is 0 Å². The van der Waals surface area contributed by atoms with Crippen LogP contribution in [0.3, 0.4) is 0 Å². The van der Waals surface area contributed by atoms with Crippen LogP contribution in [0.4, 0.5) is 11.4 Å². The second-order valence-electron chi connectivity index (χ2n) is 8.72. The number of non-ortho nitro benzene ring substituents is 1. The van der Waals surface area contributed by atoms with E-state index in [0.717, 1.165) is 5.56 Å². The predicted molar refractivity (Wildman–Crippen MR) is 136 cm³/mol. The lowest BCUT2D eigenvalue weighted by molar-refractivity contribution is -0.384. The van der Waals surface area contributed by atoms with Crippen molar-refractivity contribution in [3.05, 3.63) is 105 Å². The topological polar surface area (TPSA) is 110 Å². The number of nitro groups is 1. The number of carbonyl (C=O) groups is 2. The van der Waals surface area contributed by atoms with E-state index in [1.807, 2.05) is 31.2 Å². The quantitative estimate of drug-likeness (QED) is 0.150. The lowest BCUT2D eigenvalue weighted by Crippen LogP contribution is -2.29. The van der Waals surface area contributed by atoms with Crippen molar-refractivity contribution in [1.29, 1.82) is 0 Å². The molecule has 1 unspecified atom stereocenters. The van der Waals surface area contributed by atoms with E-state index < -0.39 is 28.4 Å². The Bertz CT molecular complexity index is 1330. The van der Waals surface area contributed by atoms with Gasteiger partial charge in [0.15, 0.2) is 0 Å². The third kappa shape index (κ3) is 4.57. The number of aliphatic hydroxyl groups is 1. The lowest BCUT2D eigenvalue weighted by Gasteiger charge is -2.26. The van der Waals surface area contributed by atoms with Crippen LogP contribution in [0.15, 0.2) is 78.4 Å². The molecule has 0 saturated carbocycles. The highest BCUT2D eigenvalue weighted by Crippen LogP contribution is 2.42. The first kappa shape index (κ1) is 24.7. The zero-order valence-corrected chi connectivity index (χ0v) is 20.2. The summed E-state index contributed by atoms with van der Waals surface area (Å²) >= 11 is 0. The largest absolute Gasteiger partial charge is 0.507 e. The predicted octanol–water partition coefficient (Wildman–Crippen LogP) is 5.74. The van der Waals surface area contributed by atoms with Crippen LogP contribution in [-0.4, -0.2) is 28.3 Å². The van der Waals surface area contributed by atoms with E-state index in [0.29, 0.717) is 23.6 Å². The maximum absolute atomic E-state index is 13.3. The van der Waals surface area contributed by atoms with Gasteiger partial charge in [-0.15, -0.1) is 0 Å². The molecule has 1 heterocycles. The van der Waals surface area contributed by atoms with Gasteiger partial charge in [-0.3, -0.25) is 24.6 Å². The van der Waals surface area contributed by atoms with Crippen molar-refractivity contribution in [3.8, 4) is 5.75 Å². The fraction of sp³-hybridized carbons (Fsp3) is 0.214. The van der Waals surface area contributed by atoms with Crippen LogP contribution in [-0.2, 0) is 9.59 Å². The van der Waals surface area contributed by atoms with Crippen molar-refractivity contribution in [3.63, 3.8) is 0 Å². The molecule has 1 fully saturated rings. The molecule has 1 aliphatic heterocycles. The number of ketones is 1. The number of anilines is 1. The van der Waals surface area contributed by atoms with Gasteiger partial charge in [0.1, 0.15) is 11.5 Å². The molecule has 0 bridgehead atoms. The molecule has 8 heteroatoms. The Morgan fingerprint density at radius 3 is 2.14 bits per heavy atom. The van der Waals surface area contributed by atoms with Gasteiger partial charge in [-0.05, 0) is 60.4 Å². The van der Waals surface area contributed by atoms with Gasteiger partial charge in [0.2, 0.25) is 0 Å². The van der Waals surface area contributed by atoms with Crippen LogP contribution in [0.25, 0.3) is 5.76 Å². The van der Waals surface area contributed by atoms with Crippen molar-refractivity contribution >= 4 is 28.8 Å². The molecule has 0 radical (unpaired) electrons. The van der Waals surface area contributed by atoms with E-state index in [2.05, 4.69) is 13.8 Å². The van der Waals surface area contributed by atoms with Gasteiger partial charge >= 0.3 is 0 Å². The molecule has 8 nitrogen and oxygen atoms in total. The first-order chi connectivity index (χ1) is 17.2. The second kappa shape index (κ2) is 10.0. The molecule has 1 atom stereocenters. The standard InChI is InChI=1S/C28H26N2O6/c1-4-36-23-15-13-21(14-16-23)29-25(19-7-5-18(6-8-19)17(2)3)24(27(32)28(29)33)26(31)20-9-11-22(12-10-20)30(34)35/h5-17,25,31H,4H2,1-3H3/b26-24-. The minimum atomic E-state index is -0.889. The van der Waals surface area contributed by atoms with Crippen LogP contribution in [0.1, 0.15) is 49.4 Å². The normalized spacial score (nSPS) is 17.0. The fourth-order valence-electron chi connectivity index (χ4n) is 4.24. The lowest BCUT2D eigenvalue weighted by atomic mass is 9.93. The number of carbonyl (C=O) groups excluding carboxylic acids is 2. The SMILES string of the molecule is CCOc1ccc(N2C(=O)C(=O)/C(=C(\O)c3ccc([N+](=O)[O-])cc3)C2c2ccc(C(C)C)cc2)cc1. The number of aliphatic hydroxyl groups excluding tert-OH is 1. The summed E-state index contributed by atoms with van der Waals surface area (Å²) in [7, 11) is 0. The molecule has 1 saturated heterocycles. The molecule has 0 spiro atoms. The summed E-state index contributed by atoms with van der Waals surface area (Å²) in [4.78, 5) is 38.4. The number of Topliss-reactive ketones (excluding diaryl/α,β-unsaturated/α-hetero) is 1. The van der Waals surface area contributed by atoms with Gasteiger partial charge in [0.25, 0.3) is 17.4 Å². The average Bonchev–Trinajstić information content (AvgIpc) is 3.14. The summed E-state index contributed by atoms with van der Waals surface area (Å²) in [6.07, 6.45) is 0. The maximum atomic E-state index is 13.3. The van der Waals surface area contributed by atoms with Crippen molar-refractivity contribution in [1.82, 2.24) is 0 Å². The third-order valence-corrected chi connectivity index (χ3v) is 6.14. The first-order valence-corrected chi connectivity index (χ1v) is 11.6. The van der Waals surface area contributed by atoms with Gasteiger partial charge in [-0.1, -0.05) is 38.1 Å². The molecule has 1 amide bonds. The summed E-state index contributed by atoms with van der Waals surface area (Å²) in [6, 6.07) is 18.7. The van der Waals surface area contributed by atoms with Crippen LogP contribution in [0, 0.1) is 10.1 Å². The smallest absolute Gasteiger partial charge is 0.300 e. The number of benzene rings is 3. The molecular weight excluding hydrogens is 460 g/mol. The van der Waals surface area contributed by atoms with E-state index >= 15 is 0 Å². The van der Waals surface area contributed by atoms with Gasteiger partial charge in [-0.25, -0.2) is 0 Å². The van der Waals surface area contributed by atoms with E-state index in [1.165, 1.54) is 29.2 Å². The number of hydrogen-bond acceptors (Lipinski definition) is 6. The van der Waals surface area contributed by atoms with Gasteiger partial charge in [0, 0.05) is 23.4 Å². The first-order valence-electron chi connectivity index (χ1n) is 11.6. The van der Waals surface area contributed by atoms with Crippen LogP contribution < -0.4 is 9.64 Å². The summed E-state index contributed by atoms with van der Waals surface area (Å²) in [5.74, 6) is -1.09. The molecular formula is C28H26N2O6. The Kier molecular flexibility index (Phi) is 6.87. The number of rotatable bonds is 7. The molecule has 0 aliphatic carbocycles. The van der Waals surface area contributed by atoms with Gasteiger partial charge in [-0.2, -0.15) is 0 Å². The van der Waals surface area contributed by atoms with Gasteiger partial charge < -0.3 is 9.84 Å². The Morgan fingerprint density at radius 2 is 1.61 bits per heavy atom. The zero-order valence-electron chi connectivity index (χ0n) is 20.2. The monoisotopic (exact) mass is 486 g/mol. The molecule has 0 aromatic heterocycles. The van der Waals surface area contributed by atoms with Crippen LogP contribution in [0.2, 0.25) is 0 Å². The third-order valence-electron chi connectivity index (χ3n) is 6.14. The van der Waals surface area contributed by atoms with E-state index in [1.54, 1.807) is 24.3 Å². The van der Waals surface area contributed by atoms with Crippen molar-refractivity contribution in [2.45, 2.75) is 32.7 Å². The van der Waals surface area contributed by atoms with Crippen LogP contribution in [0.5, 0.6) is 5.75 Å². The Balaban J connectivity index is 1.87. The van der Waals surface area contributed by atoms with Crippen LogP contribution >= 0.6 is 0 Å². The average molecular weight is 487 g/mol. The van der Waals surface area contributed by atoms with Crippen molar-refractivity contribution < 1.29 is 24.4 Å². The van der Waals surface area contributed by atoms with E-state index in [9.17, 15) is 24.8 Å². The number of nitrogens with zero attached hydrogens (tertiary/aromatic N) is 2. The number of ether oxygens (including phenoxy) is 1. The fourth-order valence-corrected chi connectivity index (χ4v) is 4.24. The Morgan fingerprint density at radius 1 is 1.00 bits per heavy atom. The van der Waals surface area contributed by atoms with E-state index in [4.69, 9.17) is 4.74 Å². The second-order valence-corrected chi connectivity index (χ2v) is 8.72.